The topological polar surface area (TPSA) is 42.0 Å². The van der Waals surface area contributed by atoms with Crippen molar-refractivity contribution in [2.24, 2.45) is 0 Å². The van der Waals surface area contributed by atoms with Crippen LogP contribution >= 0.6 is 11.3 Å². The summed E-state index contributed by atoms with van der Waals surface area (Å²) in [5.41, 5.74) is 2.97. The van der Waals surface area contributed by atoms with E-state index in [9.17, 15) is 4.79 Å². The number of nitrogens with one attached hydrogen (secondary N) is 1. The molecule has 3 nitrogen and oxygen atoms in total. The van der Waals surface area contributed by atoms with Crippen molar-refractivity contribution in [2.45, 2.75) is 25.7 Å². The van der Waals surface area contributed by atoms with Gasteiger partial charge in [-0.25, -0.2) is 4.98 Å². The molecule has 1 aromatic carbocycles. The SMILES string of the molecule is O=C1CCCCC1=CNc1nc(-c2ccccc2)cs1. The van der Waals surface area contributed by atoms with Gasteiger partial charge in [0.05, 0.1) is 5.69 Å². The summed E-state index contributed by atoms with van der Waals surface area (Å²) in [6.07, 6.45) is 5.51. The number of carbonyl (C=O) groups excluding carboxylic acids is 1. The second-order valence-corrected chi connectivity index (χ2v) is 5.71. The van der Waals surface area contributed by atoms with Crippen molar-refractivity contribution in [1.82, 2.24) is 4.98 Å². The van der Waals surface area contributed by atoms with Gasteiger partial charge in [0.1, 0.15) is 0 Å². The quantitative estimate of drug-likeness (QED) is 0.857. The van der Waals surface area contributed by atoms with Gasteiger partial charge < -0.3 is 5.32 Å². The predicted octanol–water partition coefficient (Wildman–Crippen LogP) is 4.25. The Bertz CT molecular complexity index is 631. The van der Waals surface area contributed by atoms with Gasteiger partial charge in [0.15, 0.2) is 10.9 Å². The molecule has 1 saturated carbocycles. The highest BCUT2D eigenvalue weighted by Gasteiger charge is 2.14. The summed E-state index contributed by atoms with van der Waals surface area (Å²) in [6.45, 7) is 0. The number of rotatable bonds is 3. The minimum absolute atomic E-state index is 0.267. The van der Waals surface area contributed by atoms with Crippen molar-refractivity contribution in [3.05, 3.63) is 47.5 Å². The lowest BCUT2D eigenvalue weighted by atomic mass is 9.94. The second kappa shape index (κ2) is 6.01. The molecular weight excluding hydrogens is 268 g/mol. The first-order valence-corrected chi connectivity index (χ1v) is 7.70. The lowest BCUT2D eigenvalue weighted by molar-refractivity contribution is -0.116. The maximum Gasteiger partial charge on any atom is 0.187 e. The summed E-state index contributed by atoms with van der Waals surface area (Å²) in [6, 6.07) is 10.1. The minimum atomic E-state index is 0.267. The van der Waals surface area contributed by atoms with Crippen LogP contribution in [0.15, 0.2) is 47.5 Å². The maximum atomic E-state index is 11.7. The Labute approximate surface area is 122 Å². The monoisotopic (exact) mass is 284 g/mol. The fourth-order valence-electron chi connectivity index (χ4n) is 2.28. The van der Waals surface area contributed by atoms with E-state index in [-0.39, 0.29) is 5.78 Å². The molecule has 102 valence electrons. The Morgan fingerprint density at radius 3 is 2.75 bits per heavy atom. The van der Waals surface area contributed by atoms with E-state index >= 15 is 0 Å². The largest absolute Gasteiger partial charge is 0.338 e. The van der Waals surface area contributed by atoms with Crippen molar-refractivity contribution in [1.29, 1.82) is 0 Å². The van der Waals surface area contributed by atoms with Crippen LogP contribution in [0.25, 0.3) is 11.3 Å². The molecule has 0 spiro atoms. The number of nitrogens with zero attached hydrogens (tertiary/aromatic N) is 1. The molecule has 0 unspecified atom stereocenters. The highest BCUT2D eigenvalue weighted by atomic mass is 32.1. The Morgan fingerprint density at radius 2 is 1.95 bits per heavy atom. The zero-order valence-electron chi connectivity index (χ0n) is 11.1. The van der Waals surface area contributed by atoms with Gasteiger partial charge in [-0.05, 0) is 19.3 Å². The molecule has 1 fully saturated rings. The molecule has 1 aromatic heterocycles. The van der Waals surface area contributed by atoms with E-state index in [1.165, 1.54) is 0 Å². The van der Waals surface area contributed by atoms with Crippen molar-refractivity contribution in [2.75, 3.05) is 5.32 Å². The van der Waals surface area contributed by atoms with Crippen LogP contribution in [0.4, 0.5) is 5.13 Å². The van der Waals surface area contributed by atoms with Gasteiger partial charge in [0, 0.05) is 29.1 Å². The molecule has 1 heterocycles. The first kappa shape index (κ1) is 13.1. The summed E-state index contributed by atoms with van der Waals surface area (Å²) >= 11 is 1.56. The minimum Gasteiger partial charge on any atom is -0.338 e. The molecule has 1 aliphatic rings. The third-order valence-electron chi connectivity index (χ3n) is 3.40. The van der Waals surface area contributed by atoms with Crippen LogP contribution in [0.2, 0.25) is 0 Å². The van der Waals surface area contributed by atoms with E-state index in [1.807, 2.05) is 41.9 Å². The highest BCUT2D eigenvalue weighted by Crippen LogP contribution is 2.25. The summed E-state index contributed by atoms with van der Waals surface area (Å²) in [7, 11) is 0. The van der Waals surface area contributed by atoms with Gasteiger partial charge in [-0.3, -0.25) is 4.79 Å². The molecule has 20 heavy (non-hydrogen) atoms. The zero-order valence-corrected chi connectivity index (χ0v) is 12.0. The molecular formula is C16H16N2OS. The van der Waals surface area contributed by atoms with E-state index < -0.39 is 0 Å². The summed E-state index contributed by atoms with van der Waals surface area (Å²) in [5, 5.41) is 6.01. The van der Waals surface area contributed by atoms with E-state index in [0.717, 1.165) is 41.2 Å². The summed E-state index contributed by atoms with van der Waals surface area (Å²) in [5.74, 6) is 0.267. The van der Waals surface area contributed by atoms with Crippen LogP contribution < -0.4 is 5.32 Å². The van der Waals surface area contributed by atoms with Crippen LogP contribution in [0.5, 0.6) is 0 Å². The number of hydrogen-bond acceptors (Lipinski definition) is 4. The molecule has 1 aliphatic carbocycles. The van der Waals surface area contributed by atoms with Crippen LogP contribution in [-0.2, 0) is 4.79 Å². The fourth-order valence-corrected chi connectivity index (χ4v) is 2.97. The molecule has 0 bridgehead atoms. The Balaban J connectivity index is 1.72. The highest BCUT2D eigenvalue weighted by molar-refractivity contribution is 7.14. The summed E-state index contributed by atoms with van der Waals surface area (Å²) in [4.78, 5) is 16.3. The number of benzene rings is 1. The molecule has 0 amide bonds. The van der Waals surface area contributed by atoms with Crippen LogP contribution in [0.3, 0.4) is 0 Å². The molecule has 1 N–H and O–H groups in total. The molecule has 0 radical (unpaired) electrons. The lowest BCUT2D eigenvalue weighted by Crippen LogP contribution is -2.09. The molecule has 2 aromatic rings. The standard InChI is InChI=1S/C16H16N2OS/c19-15-9-5-4-8-13(15)10-17-16-18-14(11-20-16)12-6-2-1-3-7-12/h1-3,6-7,10-11H,4-5,8-9H2,(H,17,18). The molecule has 0 atom stereocenters. The average molecular weight is 284 g/mol. The lowest BCUT2D eigenvalue weighted by Gasteiger charge is -2.12. The number of carbonyl (C=O) groups is 1. The van der Waals surface area contributed by atoms with Crippen molar-refractivity contribution >= 4 is 22.3 Å². The number of aromatic nitrogens is 1. The van der Waals surface area contributed by atoms with Crippen molar-refractivity contribution in [3.63, 3.8) is 0 Å². The van der Waals surface area contributed by atoms with Gasteiger partial charge in [0.2, 0.25) is 0 Å². The zero-order chi connectivity index (χ0) is 13.8. The van der Waals surface area contributed by atoms with Gasteiger partial charge >= 0.3 is 0 Å². The van der Waals surface area contributed by atoms with Gasteiger partial charge in [-0.1, -0.05) is 30.3 Å². The van der Waals surface area contributed by atoms with E-state index in [1.54, 1.807) is 11.3 Å². The van der Waals surface area contributed by atoms with E-state index in [4.69, 9.17) is 0 Å². The van der Waals surface area contributed by atoms with Crippen molar-refractivity contribution in [3.8, 4) is 11.3 Å². The number of hydrogen-bond donors (Lipinski definition) is 1. The van der Waals surface area contributed by atoms with Gasteiger partial charge in [-0.2, -0.15) is 0 Å². The van der Waals surface area contributed by atoms with Crippen LogP contribution in [0.1, 0.15) is 25.7 Å². The molecule has 0 saturated heterocycles. The fraction of sp³-hybridized carbons (Fsp3) is 0.250. The van der Waals surface area contributed by atoms with Gasteiger partial charge in [-0.15, -0.1) is 11.3 Å². The number of ketones is 1. The number of anilines is 1. The molecule has 0 aliphatic heterocycles. The van der Waals surface area contributed by atoms with Gasteiger partial charge in [0.25, 0.3) is 0 Å². The van der Waals surface area contributed by atoms with Crippen LogP contribution in [0, 0.1) is 0 Å². The maximum absolute atomic E-state index is 11.7. The summed E-state index contributed by atoms with van der Waals surface area (Å²) < 4.78 is 0. The first-order valence-electron chi connectivity index (χ1n) is 6.82. The third kappa shape index (κ3) is 2.96. The number of Topliss-reactive ketones (excluding diaryl/α,β-unsaturated/α-hetero) is 1. The smallest absolute Gasteiger partial charge is 0.187 e. The Morgan fingerprint density at radius 1 is 1.15 bits per heavy atom. The first-order chi connectivity index (χ1) is 9.83. The Hall–Kier alpha value is -1.94. The second-order valence-electron chi connectivity index (χ2n) is 4.85. The average Bonchev–Trinajstić information content (AvgIpc) is 2.96. The van der Waals surface area contributed by atoms with E-state index in [2.05, 4.69) is 10.3 Å². The third-order valence-corrected chi connectivity index (χ3v) is 4.18. The number of allylic oxidation sites excluding steroid dienone is 1. The van der Waals surface area contributed by atoms with Crippen molar-refractivity contribution < 1.29 is 4.79 Å². The predicted molar refractivity (Wildman–Crippen MR) is 82.7 cm³/mol. The van der Waals surface area contributed by atoms with E-state index in [0.29, 0.717) is 6.42 Å². The Kier molecular flexibility index (Phi) is 3.92. The normalized spacial score (nSPS) is 17.4. The molecule has 3 rings (SSSR count). The number of thiazole rings is 1. The van der Waals surface area contributed by atoms with Crippen LogP contribution in [-0.4, -0.2) is 10.8 Å². The molecule has 4 heteroatoms.